The SMILES string of the molecule is Cc1nn(C)cc1Cn1c(CCl)nc2cnccc21. The Labute approximate surface area is 115 Å². The molecule has 3 aromatic rings. The summed E-state index contributed by atoms with van der Waals surface area (Å²) in [5, 5.41) is 4.36. The molecule has 3 rings (SSSR count). The van der Waals surface area contributed by atoms with Crippen molar-refractivity contribution in [2.45, 2.75) is 19.3 Å². The molecule has 0 saturated heterocycles. The van der Waals surface area contributed by atoms with Crippen LogP contribution in [-0.4, -0.2) is 24.3 Å². The van der Waals surface area contributed by atoms with Gasteiger partial charge >= 0.3 is 0 Å². The second-order valence-corrected chi connectivity index (χ2v) is 4.79. The molecule has 98 valence electrons. The largest absolute Gasteiger partial charge is 0.322 e. The van der Waals surface area contributed by atoms with Gasteiger partial charge in [-0.15, -0.1) is 11.6 Å². The Bertz CT molecular complexity index is 728. The molecule has 0 bridgehead atoms. The molecule has 0 aliphatic carbocycles. The molecule has 0 saturated carbocycles. The van der Waals surface area contributed by atoms with Crippen molar-refractivity contribution in [2.75, 3.05) is 0 Å². The lowest BCUT2D eigenvalue weighted by Crippen LogP contribution is -2.04. The van der Waals surface area contributed by atoms with Gasteiger partial charge in [-0.1, -0.05) is 0 Å². The lowest BCUT2D eigenvalue weighted by molar-refractivity contribution is 0.754. The maximum Gasteiger partial charge on any atom is 0.125 e. The molecular weight excluding hydrogens is 262 g/mol. The zero-order valence-corrected chi connectivity index (χ0v) is 11.6. The third-order valence-corrected chi connectivity index (χ3v) is 3.43. The minimum Gasteiger partial charge on any atom is -0.322 e. The normalized spacial score (nSPS) is 11.3. The quantitative estimate of drug-likeness (QED) is 0.689. The third kappa shape index (κ3) is 2.10. The summed E-state index contributed by atoms with van der Waals surface area (Å²) < 4.78 is 3.94. The van der Waals surface area contributed by atoms with Crippen molar-refractivity contribution >= 4 is 22.6 Å². The van der Waals surface area contributed by atoms with E-state index >= 15 is 0 Å². The number of aryl methyl sites for hydroxylation is 2. The zero-order valence-electron chi connectivity index (χ0n) is 10.8. The first-order valence-corrected chi connectivity index (χ1v) is 6.56. The number of fused-ring (bicyclic) bond motifs is 1. The van der Waals surface area contributed by atoms with Crippen LogP contribution in [0, 0.1) is 6.92 Å². The van der Waals surface area contributed by atoms with Gasteiger partial charge in [-0.2, -0.15) is 5.10 Å². The highest BCUT2D eigenvalue weighted by Crippen LogP contribution is 2.19. The van der Waals surface area contributed by atoms with Gasteiger partial charge in [0.25, 0.3) is 0 Å². The molecule has 0 unspecified atom stereocenters. The monoisotopic (exact) mass is 275 g/mol. The van der Waals surface area contributed by atoms with Crippen LogP contribution in [0.25, 0.3) is 11.0 Å². The topological polar surface area (TPSA) is 48.5 Å². The Morgan fingerprint density at radius 3 is 2.89 bits per heavy atom. The summed E-state index contributed by atoms with van der Waals surface area (Å²) in [6, 6.07) is 1.96. The van der Waals surface area contributed by atoms with Crippen molar-refractivity contribution in [1.82, 2.24) is 24.3 Å². The van der Waals surface area contributed by atoms with E-state index in [1.807, 2.05) is 30.9 Å². The summed E-state index contributed by atoms with van der Waals surface area (Å²) in [5.74, 6) is 1.24. The summed E-state index contributed by atoms with van der Waals surface area (Å²) >= 11 is 5.99. The van der Waals surface area contributed by atoms with Gasteiger partial charge in [0, 0.05) is 25.0 Å². The van der Waals surface area contributed by atoms with Gasteiger partial charge in [0.05, 0.1) is 29.8 Å². The van der Waals surface area contributed by atoms with Crippen molar-refractivity contribution in [1.29, 1.82) is 0 Å². The highest BCUT2D eigenvalue weighted by atomic mass is 35.5. The maximum absolute atomic E-state index is 5.99. The average Bonchev–Trinajstić information content (AvgIpc) is 2.91. The fourth-order valence-electron chi connectivity index (χ4n) is 2.28. The van der Waals surface area contributed by atoms with Gasteiger partial charge in [-0.3, -0.25) is 9.67 Å². The summed E-state index contributed by atoms with van der Waals surface area (Å²) in [6.45, 7) is 2.73. The summed E-state index contributed by atoms with van der Waals surface area (Å²) in [5.41, 5.74) is 4.12. The van der Waals surface area contributed by atoms with Gasteiger partial charge in [0.15, 0.2) is 0 Å². The van der Waals surface area contributed by atoms with Crippen LogP contribution in [0.15, 0.2) is 24.7 Å². The average molecular weight is 276 g/mol. The fraction of sp³-hybridized carbons (Fsp3) is 0.308. The van der Waals surface area contributed by atoms with Gasteiger partial charge in [0.2, 0.25) is 0 Å². The maximum atomic E-state index is 5.99. The first kappa shape index (κ1) is 12.2. The van der Waals surface area contributed by atoms with Crippen molar-refractivity contribution in [3.8, 4) is 0 Å². The van der Waals surface area contributed by atoms with Gasteiger partial charge in [-0.05, 0) is 13.0 Å². The molecule has 0 amide bonds. The van der Waals surface area contributed by atoms with Crippen molar-refractivity contribution in [3.05, 3.63) is 41.7 Å². The van der Waals surface area contributed by atoms with E-state index in [0.29, 0.717) is 5.88 Å². The van der Waals surface area contributed by atoms with E-state index < -0.39 is 0 Å². The number of halogens is 1. The fourth-order valence-corrected chi connectivity index (χ4v) is 2.49. The van der Waals surface area contributed by atoms with Crippen LogP contribution in [0.5, 0.6) is 0 Å². The molecule has 0 atom stereocenters. The van der Waals surface area contributed by atoms with Crippen molar-refractivity contribution in [3.63, 3.8) is 0 Å². The molecule has 19 heavy (non-hydrogen) atoms. The zero-order chi connectivity index (χ0) is 13.4. The molecule has 0 fully saturated rings. The smallest absolute Gasteiger partial charge is 0.125 e. The molecule has 3 heterocycles. The minimum atomic E-state index is 0.383. The van der Waals surface area contributed by atoms with Crippen LogP contribution in [-0.2, 0) is 19.5 Å². The van der Waals surface area contributed by atoms with Crippen LogP contribution >= 0.6 is 11.6 Å². The number of pyridine rings is 1. The number of rotatable bonds is 3. The number of aromatic nitrogens is 5. The van der Waals surface area contributed by atoms with Gasteiger partial charge < -0.3 is 4.57 Å². The second kappa shape index (κ2) is 4.66. The van der Waals surface area contributed by atoms with Crippen LogP contribution in [0.3, 0.4) is 0 Å². The van der Waals surface area contributed by atoms with Crippen LogP contribution in [0.1, 0.15) is 17.1 Å². The number of hydrogen-bond acceptors (Lipinski definition) is 3. The molecule has 6 heteroatoms. The van der Waals surface area contributed by atoms with E-state index in [9.17, 15) is 0 Å². The number of hydrogen-bond donors (Lipinski definition) is 0. The predicted molar refractivity (Wildman–Crippen MR) is 74.1 cm³/mol. The van der Waals surface area contributed by atoms with Crippen LogP contribution in [0.2, 0.25) is 0 Å². The molecule has 5 nitrogen and oxygen atoms in total. The third-order valence-electron chi connectivity index (χ3n) is 3.19. The molecule has 0 aromatic carbocycles. The van der Waals surface area contributed by atoms with E-state index in [1.165, 1.54) is 5.56 Å². The Morgan fingerprint density at radius 2 is 2.21 bits per heavy atom. The number of imidazole rings is 1. The first-order valence-electron chi connectivity index (χ1n) is 6.03. The molecule has 0 radical (unpaired) electrons. The molecule has 0 aliphatic heterocycles. The lowest BCUT2D eigenvalue weighted by atomic mass is 10.2. The van der Waals surface area contributed by atoms with Gasteiger partial charge in [-0.25, -0.2) is 4.98 Å². The predicted octanol–water partition coefficient (Wildman–Crippen LogP) is 2.26. The molecule has 0 N–H and O–H groups in total. The van der Waals surface area contributed by atoms with E-state index in [4.69, 9.17) is 11.6 Å². The van der Waals surface area contributed by atoms with Gasteiger partial charge in [0.1, 0.15) is 11.3 Å². The number of alkyl halides is 1. The van der Waals surface area contributed by atoms with E-state index in [-0.39, 0.29) is 0 Å². The van der Waals surface area contributed by atoms with E-state index in [1.54, 1.807) is 12.4 Å². The second-order valence-electron chi connectivity index (χ2n) is 4.53. The van der Waals surface area contributed by atoms with Crippen molar-refractivity contribution in [2.24, 2.45) is 7.05 Å². The summed E-state index contributed by atoms with van der Waals surface area (Å²) in [4.78, 5) is 8.60. The molecule has 0 spiro atoms. The number of nitrogens with zero attached hydrogens (tertiary/aromatic N) is 5. The Kier molecular flexibility index (Phi) is 2.98. The Morgan fingerprint density at radius 1 is 1.37 bits per heavy atom. The molecule has 3 aromatic heterocycles. The molecule has 0 aliphatic rings. The van der Waals surface area contributed by atoms with Crippen LogP contribution < -0.4 is 0 Å². The Balaban J connectivity index is 2.11. The highest BCUT2D eigenvalue weighted by Gasteiger charge is 2.12. The van der Waals surface area contributed by atoms with E-state index in [0.717, 1.165) is 29.1 Å². The minimum absolute atomic E-state index is 0.383. The molecular formula is C13H14ClN5. The summed E-state index contributed by atoms with van der Waals surface area (Å²) in [6.07, 6.45) is 5.56. The lowest BCUT2D eigenvalue weighted by Gasteiger charge is -2.06. The highest BCUT2D eigenvalue weighted by molar-refractivity contribution is 6.16. The summed E-state index contributed by atoms with van der Waals surface area (Å²) in [7, 11) is 1.93. The van der Waals surface area contributed by atoms with Crippen LogP contribution in [0.4, 0.5) is 0 Å². The first-order chi connectivity index (χ1) is 9.19. The van der Waals surface area contributed by atoms with E-state index in [2.05, 4.69) is 19.6 Å². The standard InChI is InChI=1S/C13H14ClN5/c1-9-10(7-18(2)17-9)8-19-12-3-4-15-6-11(12)16-13(19)5-14/h3-4,6-7H,5,8H2,1-2H3. The van der Waals surface area contributed by atoms with Crippen molar-refractivity contribution < 1.29 is 0 Å². The Hall–Kier alpha value is -1.88.